The second kappa shape index (κ2) is 13.3. The molecule has 0 aliphatic rings. The summed E-state index contributed by atoms with van der Waals surface area (Å²) in [6.07, 6.45) is 0. The standard InChI is InChI=1S/C12H9N2.2C10H9NO.Al/c13-14-12-8-6-11(7-9-12)10-4-2-1-3-5-10;2*1-7-5-6-8-3-2-4-9(12)10(8)11-7;/h1-9H;2*2-6,12H,1H3;/q-1;;;+3/p-2. The van der Waals surface area contributed by atoms with Gasteiger partial charge in [0, 0.05) is 11.4 Å². The summed E-state index contributed by atoms with van der Waals surface area (Å²) in [5, 5.41) is 28.3. The van der Waals surface area contributed by atoms with E-state index in [1.54, 1.807) is 12.1 Å². The van der Waals surface area contributed by atoms with Crippen molar-refractivity contribution >= 4 is 44.0 Å². The molecule has 0 aliphatic carbocycles. The van der Waals surface area contributed by atoms with E-state index in [-0.39, 0.29) is 11.5 Å². The van der Waals surface area contributed by atoms with Crippen molar-refractivity contribution < 1.29 is 10.2 Å². The number of benzene rings is 4. The van der Waals surface area contributed by atoms with E-state index < -0.39 is 0 Å². The number of fused-ring (bicyclic) bond motifs is 2. The Balaban J connectivity index is 0.000000137. The Morgan fingerprint density at radius 2 is 1.03 bits per heavy atom. The van der Waals surface area contributed by atoms with E-state index in [2.05, 4.69) is 47.8 Å². The number of aromatic nitrogens is 2. The van der Waals surface area contributed by atoms with Crippen LogP contribution in [0, 0.1) is 13.8 Å². The predicted octanol–water partition coefficient (Wildman–Crippen LogP) is 6.75. The quantitative estimate of drug-likeness (QED) is 0.185. The molecule has 0 unspecified atom stereocenters. The molecule has 188 valence electrons. The van der Waals surface area contributed by atoms with Crippen molar-refractivity contribution in [3.8, 4) is 22.6 Å². The van der Waals surface area contributed by atoms with Crippen LogP contribution in [0.3, 0.4) is 0 Å². The van der Waals surface area contributed by atoms with Crippen molar-refractivity contribution in [1.82, 2.24) is 9.97 Å². The van der Waals surface area contributed by atoms with Crippen molar-refractivity contribution in [1.29, 1.82) is 0 Å². The molecule has 0 saturated heterocycles. The molecule has 0 fully saturated rings. The molecule has 6 nitrogen and oxygen atoms in total. The maximum absolute atomic E-state index is 11.3. The molecule has 6 aromatic rings. The number of pyridine rings is 2. The molecule has 0 N–H and O–H groups in total. The SMILES string of the molecule is Cc1ccc2cccc([O-])c2n1.Cc1ccc2cccc([O-])c2n1.[Al+2][N]=Nc1ccc(-c2ccccc2)cc1. The molecule has 0 atom stereocenters. The number of para-hydroxylation sites is 2. The van der Waals surface area contributed by atoms with E-state index in [9.17, 15) is 10.2 Å². The van der Waals surface area contributed by atoms with Gasteiger partial charge >= 0.3 is 97.1 Å². The van der Waals surface area contributed by atoms with Gasteiger partial charge in [-0.05, 0) is 36.8 Å². The second-order valence-corrected chi connectivity index (χ2v) is 8.92. The summed E-state index contributed by atoms with van der Waals surface area (Å²) in [6.45, 7) is 3.76. The van der Waals surface area contributed by atoms with Crippen LogP contribution >= 0.6 is 0 Å². The number of rotatable bonds is 2. The number of hydrogen-bond donors (Lipinski definition) is 0. The van der Waals surface area contributed by atoms with Gasteiger partial charge in [-0.25, -0.2) is 0 Å². The van der Waals surface area contributed by atoms with Crippen LogP contribution in [0.1, 0.15) is 11.4 Å². The van der Waals surface area contributed by atoms with Crippen LogP contribution in [0.2, 0.25) is 0 Å². The van der Waals surface area contributed by atoms with E-state index in [4.69, 9.17) is 0 Å². The first-order valence-corrected chi connectivity index (χ1v) is 12.8. The van der Waals surface area contributed by atoms with Crippen LogP contribution in [0.5, 0.6) is 11.5 Å². The van der Waals surface area contributed by atoms with Crippen molar-refractivity contribution in [3.63, 3.8) is 0 Å². The molecule has 0 amide bonds. The average Bonchev–Trinajstić information content (AvgIpc) is 2.96. The molecule has 0 aliphatic heterocycles. The Morgan fingerprint density at radius 3 is 1.51 bits per heavy atom. The van der Waals surface area contributed by atoms with Gasteiger partial charge < -0.3 is 10.2 Å². The first-order valence-electron chi connectivity index (χ1n) is 12.3. The fraction of sp³-hybridized carbons (Fsp3) is 0.0625. The molecule has 6 rings (SSSR count). The van der Waals surface area contributed by atoms with Crippen molar-refractivity contribution in [2.45, 2.75) is 13.8 Å². The fourth-order valence-electron chi connectivity index (χ4n) is 3.85. The van der Waals surface area contributed by atoms with E-state index in [0.29, 0.717) is 11.0 Å². The molecular weight excluding hydrogens is 499 g/mol. The van der Waals surface area contributed by atoms with Gasteiger partial charge in [-0.2, -0.15) is 0 Å². The third-order valence-electron chi connectivity index (χ3n) is 5.79. The summed E-state index contributed by atoms with van der Waals surface area (Å²) in [7, 11) is 0. The normalized spacial score (nSPS) is 10.6. The molecule has 2 heterocycles. The summed E-state index contributed by atoms with van der Waals surface area (Å²) in [5.41, 5.74) is 6.17. The zero-order chi connectivity index (χ0) is 27.6. The zero-order valence-electron chi connectivity index (χ0n) is 21.7. The molecule has 4 aromatic carbocycles. The summed E-state index contributed by atoms with van der Waals surface area (Å²) >= 11 is 2.22. The first-order chi connectivity index (χ1) is 18.9. The first kappa shape index (κ1) is 27.5. The van der Waals surface area contributed by atoms with Crippen LogP contribution in [0.4, 0.5) is 5.69 Å². The molecule has 0 saturated carbocycles. The van der Waals surface area contributed by atoms with Gasteiger partial charge in [0.25, 0.3) is 0 Å². The number of nitrogens with zero attached hydrogens (tertiary/aromatic N) is 4. The minimum atomic E-state index is -0.00352. The van der Waals surface area contributed by atoms with Gasteiger partial charge in [0.1, 0.15) is 0 Å². The Bertz CT molecular complexity index is 1620. The van der Waals surface area contributed by atoms with Gasteiger partial charge in [-0.1, -0.05) is 60.0 Å². The third kappa shape index (κ3) is 7.48. The van der Waals surface area contributed by atoms with Crippen LogP contribution in [0.25, 0.3) is 32.9 Å². The van der Waals surface area contributed by atoms with Crippen molar-refractivity contribution in [2.75, 3.05) is 0 Å². The van der Waals surface area contributed by atoms with E-state index >= 15 is 0 Å². The fourth-order valence-corrected chi connectivity index (χ4v) is 3.99. The van der Waals surface area contributed by atoms with Gasteiger partial charge in [0.15, 0.2) is 0 Å². The Kier molecular flexibility index (Phi) is 9.36. The summed E-state index contributed by atoms with van der Waals surface area (Å²) in [6, 6.07) is 36.3. The van der Waals surface area contributed by atoms with Crippen LogP contribution in [0.15, 0.2) is 124 Å². The van der Waals surface area contributed by atoms with Crippen molar-refractivity contribution in [2.24, 2.45) is 9.21 Å². The topological polar surface area (TPSA) is 96.6 Å². The van der Waals surface area contributed by atoms with Crippen LogP contribution in [-0.2, 0) is 0 Å². The zero-order valence-corrected chi connectivity index (χ0v) is 22.8. The Morgan fingerprint density at radius 1 is 0.538 bits per heavy atom. The average molecular weight is 525 g/mol. The predicted molar refractivity (Wildman–Crippen MR) is 154 cm³/mol. The summed E-state index contributed by atoms with van der Waals surface area (Å²) < 4.78 is 3.65. The van der Waals surface area contributed by atoms with Crippen LogP contribution < -0.4 is 10.2 Å². The second-order valence-electron chi connectivity index (χ2n) is 8.69. The summed E-state index contributed by atoms with van der Waals surface area (Å²) in [4.78, 5) is 8.33. The molecular formula is C32H25AlN4O2. The van der Waals surface area contributed by atoms with E-state index in [1.165, 1.54) is 23.3 Å². The van der Waals surface area contributed by atoms with Gasteiger partial charge in [0.05, 0.1) is 11.0 Å². The van der Waals surface area contributed by atoms with Crippen molar-refractivity contribution in [3.05, 3.63) is 127 Å². The minimum absolute atomic E-state index is 0.00352. The van der Waals surface area contributed by atoms with E-state index in [1.807, 2.05) is 92.7 Å². The molecule has 7 heteroatoms. The van der Waals surface area contributed by atoms with Gasteiger partial charge in [-0.15, -0.1) is 0 Å². The third-order valence-corrected chi connectivity index (χ3v) is 5.91. The van der Waals surface area contributed by atoms with E-state index in [0.717, 1.165) is 27.8 Å². The molecule has 39 heavy (non-hydrogen) atoms. The van der Waals surface area contributed by atoms with Gasteiger partial charge in [0.2, 0.25) is 0 Å². The van der Waals surface area contributed by atoms with Gasteiger partial charge in [-0.3, -0.25) is 9.97 Å². The molecule has 0 bridgehead atoms. The Hall–Kier alpha value is -4.57. The number of hydrogen-bond acceptors (Lipinski definition) is 6. The van der Waals surface area contributed by atoms with Crippen LogP contribution in [-0.4, -0.2) is 26.5 Å². The Labute approximate surface area is 236 Å². The molecule has 2 aromatic heterocycles. The monoisotopic (exact) mass is 524 g/mol. The maximum atomic E-state index is 11.3. The molecule has 0 radical (unpaired) electrons. The number of aryl methyl sites for hydroxylation is 2. The molecule has 0 spiro atoms. The summed E-state index contributed by atoms with van der Waals surface area (Å²) in [5.74, 6) is -0.00704.